The molecule has 0 saturated carbocycles. The van der Waals surface area contributed by atoms with E-state index in [2.05, 4.69) is 17.4 Å². The summed E-state index contributed by atoms with van der Waals surface area (Å²) in [6.07, 6.45) is 4.01. The number of nitrogens with one attached hydrogen (secondary N) is 1. The van der Waals surface area contributed by atoms with Crippen LogP contribution in [-0.4, -0.2) is 41.6 Å². The summed E-state index contributed by atoms with van der Waals surface area (Å²) in [5, 5.41) is 3.10. The highest BCUT2D eigenvalue weighted by molar-refractivity contribution is 8.00. The summed E-state index contributed by atoms with van der Waals surface area (Å²) in [5.41, 5.74) is 1.92. The molecule has 1 atom stereocenters. The van der Waals surface area contributed by atoms with Crippen LogP contribution >= 0.6 is 11.8 Å². The van der Waals surface area contributed by atoms with Gasteiger partial charge in [0.25, 0.3) is 5.91 Å². The van der Waals surface area contributed by atoms with Crippen molar-refractivity contribution in [2.24, 2.45) is 0 Å². The van der Waals surface area contributed by atoms with E-state index < -0.39 is 0 Å². The number of amides is 2. The summed E-state index contributed by atoms with van der Waals surface area (Å²) in [4.78, 5) is 27.9. The molecule has 0 aromatic heterocycles. The highest BCUT2D eigenvalue weighted by atomic mass is 32.2. The van der Waals surface area contributed by atoms with Gasteiger partial charge in [0, 0.05) is 24.0 Å². The Hall–Kier alpha value is -2.27. The summed E-state index contributed by atoms with van der Waals surface area (Å²) in [5.74, 6) is 0.472. The number of thioether (sulfide) groups is 1. The normalized spacial score (nSPS) is 14.7. The van der Waals surface area contributed by atoms with Crippen LogP contribution in [0.2, 0.25) is 0 Å². The fourth-order valence-corrected chi connectivity index (χ4v) is 4.33. The molecule has 1 aliphatic heterocycles. The van der Waals surface area contributed by atoms with Crippen LogP contribution in [0.1, 0.15) is 42.1 Å². The SMILES string of the molecule is C[C@H](CCc1ccccc1)NC(=O)c1ccccc1SCC(=O)N1CCCC1. The number of carbonyl (C=O) groups excluding carboxylic acids is 2. The molecular formula is C23H28N2O2S. The van der Waals surface area contributed by atoms with Crippen LogP contribution in [0, 0.1) is 0 Å². The number of rotatable bonds is 8. The number of aryl methyl sites for hydroxylation is 1. The maximum absolute atomic E-state index is 12.8. The minimum Gasteiger partial charge on any atom is -0.350 e. The highest BCUT2D eigenvalue weighted by Crippen LogP contribution is 2.24. The number of carbonyl (C=O) groups is 2. The lowest BCUT2D eigenvalue weighted by atomic mass is 10.1. The predicted molar refractivity (Wildman–Crippen MR) is 115 cm³/mol. The van der Waals surface area contributed by atoms with Gasteiger partial charge in [-0.15, -0.1) is 11.8 Å². The lowest BCUT2D eigenvalue weighted by Gasteiger charge is -2.17. The third-order valence-electron chi connectivity index (χ3n) is 5.03. The molecule has 2 aromatic rings. The van der Waals surface area contributed by atoms with Gasteiger partial charge in [0.05, 0.1) is 11.3 Å². The van der Waals surface area contributed by atoms with E-state index in [4.69, 9.17) is 0 Å². The van der Waals surface area contributed by atoms with Crippen molar-refractivity contribution >= 4 is 23.6 Å². The van der Waals surface area contributed by atoms with Crippen molar-refractivity contribution in [3.63, 3.8) is 0 Å². The Labute approximate surface area is 171 Å². The molecule has 1 aliphatic rings. The summed E-state index contributed by atoms with van der Waals surface area (Å²) in [6.45, 7) is 3.76. The molecule has 2 aromatic carbocycles. The Morgan fingerprint density at radius 3 is 2.46 bits per heavy atom. The fraction of sp³-hybridized carbons (Fsp3) is 0.391. The first-order valence-electron chi connectivity index (χ1n) is 9.98. The zero-order valence-electron chi connectivity index (χ0n) is 16.4. The molecule has 1 heterocycles. The largest absolute Gasteiger partial charge is 0.350 e. The van der Waals surface area contributed by atoms with Gasteiger partial charge in [-0.05, 0) is 50.3 Å². The summed E-state index contributed by atoms with van der Waals surface area (Å²) in [7, 11) is 0. The van der Waals surface area contributed by atoms with Crippen molar-refractivity contribution in [1.29, 1.82) is 0 Å². The highest BCUT2D eigenvalue weighted by Gasteiger charge is 2.19. The molecular weight excluding hydrogens is 368 g/mol. The lowest BCUT2D eigenvalue weighted by molar-refractivity contribution is -0.127. The molecule has 28 heavy (non-hydrogen) atoms. The molecule has 3 rings (SSSR count). The molecule has 2 amide bonds. The van der Waals surface area contributed by atoms with E-state index in [1.54, 1.807) is 0 Å². The van der Waals surface area contributed by atoms with Crippen LogP contribution in [0.3, 0.4) is 0 Å². The zero-order valence-corrected chi connectivity index (χ0v) is 17.2. The maximum atomic E-state index is 12.8. The first-order chi connectivity index (χ1) is 13.6. The van der Waals surface area contributed by atoms with E-state index >= 15 is 0 Å². The molecule has 0 bridgehead atoms. The Bertz CT molecular complexity index is 788. The smallest absolute Gasteiger partial charge is 0.252 e. The second kappa shape index (κ2) is 10.3. The maximum Gasteiger partial charge on any atom is 0.252 e. The summed E-state index contributed by atoms with van der Waals surface area (Å²) in [6, 6.07) is 17.9. The first-order valence-corrected chi connectivity index (χ1v) is 11.0. The molecule has 1 fully saturated rings. The molecule has 148 valence electrons. The van der Waals surface area contributed by atoms with E-state index in [0.29, 0.717) is 11.3 Å². The van der Waals surface area contributed by atoms with Gasteiger partial charge in [-0.25, -0.2) is 0 Å². The molecule has 5 heteroatoms. The van der Waals surface area contributed by atoms with Gasteiger partial charge in [-0.2, -0.15) is 0 Å². The number of nitrogens with zero attached hydrogens (tertiary/aromatic N) is 1. The topological polar surface area (TPSA) is 49.4 Å². The van der Waals surface area contributed by atoms with E-state index in [-0.39, 0.29) is 17.9 Å². The van der Waals surface area contributed by atoms with Crippen molar-refractivity contribution in [2.75, 3.05) is 18.8 Å². The van der Waals surface area contributed by atoms with Gasteiger partial charge < -0.3 is 10.2 Å². The van der Waals surface area contributed by atoms with E-state index in [1.165, 1.54) is 17.3 Å². The first kappa shape index (κ1) is 20.5. The number of benzene rings is 2. The zero-order chi connectivity index (χ0) is 19.8. The van der Waals surface area contributed by atoms with Crippen LogP contribution in [0.15, 0.2) is 59.5 Å². The van der Waals surface area contributed by atoms with Gasteiger partial charge in [0.1, 0.15) is 0 Å². The summed E-state index contributed by atoms with van der Waals surface area (Å²) >= 11 is 1.46. The molecule has 1 N–H and O–H groups in total. The lowest BCUT2D eigenvalue weighted by Crippen LogP contribution is -2.33. The van der Waals surface area contributed by atoms with Crippen molar-refractivity contribution in [1.82, 2.24) is 10.2 Å². The van der Waals surface area contributed by atoms with Crippen molar-refractivity contribution < 1.29 is 9.59 Å². The number of hydrogen-bond acceptors (Lipinski definition) is 3. The second-order valence-electron chi connectivity index (χ2n) is 7.27. The Balaban J connectivity index is 1.53. The molecule has 0 aliphatic carbocycles. The van der Waals surface area contributed by atoms with Gasteiger partial charge in [-0.3, -0.25) is 9.59 Å². The third-order valence-corrected chi connectivity index (χ3v) is 6.09. The Morgan fingerprint density at radius 1 is 1.04 bits per heavy atom. The number of hydrogen-bond donors (Lipinski definition) is 1. The van der Waals surface area contributed by atoms with Crippen molar-refractivity contribution in [3.05, 3.63) is 65.7 Å². The van der Waals surface area contributed by atoms with Crippen LogP contribution in [-0.2, 0) is 11.2 Å². The van der Waals surface area contributed by atoms with Crippen molar-refractivity contribution in [3.8, 4) is 0 Å². The minimum atomic E-state index is -0.0720. The second-order valence-corrected chi connectivity index (χ2v) is 8.29. The van der Waals surface area contributed by atoms with Gasteiger partial charge >= 0.3 is 0 Å². The third kappa shape index (κ3) is 5.86. The van der Waals surface area contributed by atoms with Gasteiger partial charge in [0.2, 0.25) is 5.91 Å². The average Bonchev–Trinajstić information content (AvgIpc) is 3.26. The van der Waals surface area contributed by atoms with E-state index in [0.717, 1.165) is 43.7 Å². The summed E-state index contributed by atoms with van der Waals surface area (Å²) < 4.78 is 0. The van der Waals surface area contributed by atoms with Crippen molar-refractivity contribution in [2.45, 2.75) is 43.5 Å². The Morgan fingerprint density at radius 2 is 1.71 bits per heavy atom. The van der Waals surface area contributed by atoms with Gasteiger partial charge in [-0.1, -0.05) is 42.5 Å². The van der Waals surface area contributed by atoms with Crippen LogP contribution in [0.5, 0.6) is 0 Å². The van der Waals surface area contributed by atoms with Crippen LogP contribution in [0.4, 0.5) is 0 Å². The monoisotopic (exact) mass is 396 g/mol. The standard InChI is InChI=1S/C23H28N2O2S/c1-18(13-14-19-9-3-2-4-10-19)24-23(27)20-11-5-6-12-21(20)28-17-22(26)25-15-7-8-16-25/h2-6,9-12,18H,7-8,13-17H2,1H3,(H,24,27)/t18-/m1/s1. The molecule has 0 radical (unpaired) electrons. The van der Waals surface area contributed by atoms with E-state index in [9.17, 15) is 9.59 Å². The van der Waals surface area contributed by atoms with E-state index in [1.807, 2.05) is 54.3 Å². The average molecular weight is 397 g/mol. The minimum absolute atomic E-state index is 0.0720. The van der Waals surface area contributed by atoms with Crippen LogP contribution in [0.25, 0.3) is 0 Å². The quantitative estimate of drug-likeness (QED) is 0.682. The van der Waals surface area contributed by atoms with Crippen LogP contribution < -0.4 is 5.32 Å². The molecule has 4 nitrogen and oxygen atoms in total. The molecule has 0 unspecified atom stereocenters. The van der Waals surface area contributed by atoms with Gasteiger partial charge in [0.15, 0.2) is 0 Å². The Kier molecular flexibility index (Phi) is 7.54. The number of likely N-dealkylation sites (tertiary alicyclic amines) is 1. The molecule has 0 spiro atoms. The predicted octanol–water partition coefficient (Wildman–Crippen LogP) is 4.15. The molecule has 1 saturated heterocycles. The fourth-order valence-electron chi connectivity index (χ4n) is 3.38.